The molecule has 0 spiro atoms. The van der Waals surface area contributed by atoms with Gasteiger partial charge in [-0.15, -0.1) is 0 Å². The number of hydrogen-bond donors (Lipinski definition) is 1. The highest BCUT2D eigenvalue weighted by molar-refractivity contribution is 5.75. The van der Waals surface area contributed by atoms with E-state index in [-0.39, 0.29) is 30.9 Å². The monoisotopic (exact) mass is 348 g/mol. The summed E-state index contributed by atoms with van der Waals surface area (Å²) in [4.78, 5) is 37.3. The first-order valence-electron chi connectivity index (χ1n) is 7.74. The van der Waals surface area contributed by atoms with Crippen LogP contribution in [0.25, 0.3) is 0 Å². The Hall–Kier alpha value is -2.74. The maximum atomic E-state index is 13.4. The fourth-order valence-corrected chi connectivity index (χ4v) is 2.47. The van der Waals surface area contributed by atoms with E-state index in [0.717, 1.165) is 14.7 Å². The van der Waals surface area contributed by atoms with Crippen LogP contribution in [0.4, 0.5) is 4.39 Å². The number of halogens is 1. The molecule has 0 aliphatic rings. The Morgan fingerprint density at radius 2 is 2.00 bits per heavy atom. The Kier molecular flexibility index (Phi) is 5.87. The van der Waals surface area contributed by atoms with Crippen molar-refractivity contribution in [2.45, 2.75) is 12.6 Å². The number of carbonyl (C=O) groups is 1. The van der Waals surface area contributed by atoms with Gasteiger partial charge in [0.25, 0.3) is 5.56 Å². The van der Waals surface area contributed by atoms with E-state index in [9.17, 15) is 18.8 Å². The molecule has 2 rings (SSSR count). The molecule has 2 aromatic rings. The Morgan fingerprint density at radius 1 is 1.28 bits per heavy atom. The summed E-state index contributed by atoms with van der Waals surface area (Å²) in [6.45, 7) is 0.0616. The molecule has 8 heteroatoms. The van der Waals surface area contributed by atoms with Gasteiger partial charge in [0.05, 0.1) is 6.04 Å². The number of carbonyl (C=O) groups excluding carboxylic acids is 1. The average Bonchev–Trinajstić information content (AvgIpc) is 2.55. The minimum atomic E-state index is -0.558. The van der Waals surface area contributed by atoms with Gasteiger partial charge in [-0.2, -0.15) is 0 Å². The molecule has 1 heterocycles. The third-order valence-corrected chi connectivity index (χ3v) is 3.92. The summed E-state index contributed by atoms with van der Waals surface area (Å²) in [6.07, 6.45) is 1.29. The molecule has 0 fully saturated rings. The minimum absolute atomic E-state index is 0.198. The summed E-state index contributed by atoms with van der Waals surface area (Å²) < 4.78 is 15.5. The number of hydrogen-bond acceptors (Lipinski definition) is 4. The van der Waals surface area contributed by atoms with Crippen molar-refractivity contribution >= 4 is 5.91 Å². The summed E-state index contributed by atoms with van der Waals surface area (Å²) in [5.41, 5.74) is -0.248. The van der Waals surface area contributed by atoms with Crippen LogP contribution in [-0.4, -0.2) is 40.6 Å². The van der Waals surface area contributed by atoms with Crippen LogP contribution < -0.4 is 16.6 Å². The molecular weight excluding hydrogens is 327 g/mol. The molecule has 134 valence electrons. The Bertz CT molecular complexity index is 873. The number of aromatic nitrogens is 2. The number of benzene rings is 1. The number of nitrogens with one attached hydrogen (secondary N) is 1. The molecule has 0 aliphatic heterocycles. The Morgan fingerprint density at radius 3 is 2.64 bits per heavy atom. The second-order valence-electron chi connectivity index (χ2n) is 5.96. The summed E-state index contributed by atoms with van der Waals surface area (Å²) >= 11 is 0. The number of rotatable bonds is 6. The van der Waals surface area contributed by atoms with Crippen molar-refractivity contribution in [2.24, 2.45) is 7.05 Å². The van der Waals surface area contributed by atoms with Crippen molar-refractivity contribution in [1.82, 2.24) is 19.4 Å². The van der Waals surface area contributed by atoms with E-state index < -0.39 is 11.2 Å². The quantitative estimate of drug-likeness (QED) is 0.804. The van der Waals surface area contributed by atoms with Gasteiger partial charge in [0, 0.05) is 25.9 Å². The van der Waals surface area contributed by atoms with Crippen molar-refractivity contribution in [3.63, 3.8) is 0 Å². The van der Waals surface area contributed by atoms with Crippen molar-refractivity contribution in [3.05, 3.63) is 68.7 Å². The molecule has 0 radical (unpaired) electrons. The van der Waals surface area contributed by atoms with Gasteiger partial charge < -0.3 is 10.2 Å². The van der Waals surface area contributed by atoms with E-state index in [2.05, 4.69) is 5.32 Å². The second-order valence-corrected chi connectivity index (χ2v) is 5.96. The molecule has 1 amide bonds. The van der Waals surface area contributed by atoms with Crippen molar-refractivity contribution in [3.8, 4) is 0 Å². The van der Waals surface area contributed by atoms with E-state index in [4.69, 9.17) is 0 Å². The van der Waals surface area contributed by atoms with E-state index in [0.29, 0.717) is 0 Å². The number of amides is 1. The fraction of sp³-hybridized carbons (Fsp3) is 0.353. The Balaban J connectivity index is 2.06. The minimum Gasteiger partial charge on any atom is -0.353 e. The maximum absolute atomic E-state index is 13.4. The second kappa shape index (κ2) is 7.89. The van der Waals surface area contributed by atoms with E-state index in [1.165, 1.54) is 31.4 Å². The van der Waals surface area contributed by atoms with Crippen LogP contribution in [0, 0.1) is 5.82 Å². The lowest BCUT2D eigenvalue weighted by Crippen LogP contribution is -2.41. The summed E-state index contributed by atoms with van der Waals surface area (Å²) in [5.74, 6) is -0.712. The maximum Gasteiger partial charge on any atom is 0.331 e. The van der Waals surface area contributed by atoms with Crippen LogP contribution in [0.5, 0.6) is 0 Å². The van der Waals surface area contributed by atoms with E-state index in [1.807, 2.05) is 19.0 Å². The highest BCUT2D eigenvalue weighted by Crippen LogP contribution is 2.18. The topological polar surface area (TPSA) is 76.3 Å². The predicted molar refractivity (Wildman–Crippen MR) is 91.8 cm³/mol. The molecule has 1 unspecified atom stereocenters. The molecule has 0 saturated heterocycles. The summed E-state index contributed by atoms with van der Waals surface area (Å²) in [6, 6.07) is 7.21. The number of nitrogens with zero attached hydrogens (tertiary/aromatic N) is 3. The van der Waals surface area contributed by atoms with Crippen LogP contribution in [-0.2, 0) is 18.4 Å². The zero-order valence-electron chi connectivity index (χ0n) is 14.4. The molecule has 1 atom stereocenters. The smallest absolute Gasteiger partial charge is 0.331 e. The highest BCUT2D eigenvalue weighted by atomic mass is 19.1. The summed E-state index contributed by atoms with van der Waals surface area (Å²) in [7, 11) is 5.02. The zero-order chi connectivity index (χ0) is 18.6. The van der Waals surface area contributed by atoms with Crippen molar-refractivity contribution < 1.29 is 9.18 Å². The van der Waals surface area contributed by atoms with Gasteiger partial charge in [-0.3, -0.25) is 18.7 Å². The molecule has 0 bridgehead atoms. The number of likely N-dealkylation sites (N-methyl/N-ethyl adjacent to an activating group) is 1. The van der Waals surface area contributed by atoms with Crippen molar-refractivity contribution in [2.75, 3.05) is 20.6 Å². The van der Waals surface area contributed by atoms with Crippen LogP contribution in [0.3, 0.4) is 0 Å². The lowest BCUT2D eigenvalue weighted by molar-refractivity contribution is -0.122. The van der Waals surface area contributed by atoms with Gasteiger partial charge in [-0.1, -0.05) is 12.1 Å². The zero-order valence-corrected chi connectivity index (χ0v) is 14.4. The van der Waals surface area contributed by atoms with Gasteiger partial charge in [0.1, 0.15) is 12.4 Å². The lowest BCUT2D eigenvalue weighted by atomic mass is 10.1. The third-order valence-electron chi connectivity index (χ3n) is 3.92. The third kappa shape index (κ3) is 4.63. The molecule has 1 aromatic carbocycles. The van der Waals surface area contributed by atoms with Crippen LogP contribution in [0.2, 0.25) is 0 Å². The van der Waals surface area contributed by atoms with E-state index in [1.54, 1.807) is 12.1 Å². The summed E-state index contributed by atoms with van der Waals surface area (Å²) in [5, 5.41) is 2.74. The normalized spacial score (nSPS) is 12.2. The van der Waals surface area contributed by atoms with Gasteiger partial charge >= 0.3 is 5.69 Å². The molecule has 0 saturated carbocycles. The highest BCUT2D eigenvalue weighted by Gasteiger charge is 2.16. The average molecular weight is 348 g/mol. The SMILES string of the molecule is CN(C)C(CNC(=O)Cn1ccc(=O)n(C)c1=O)c1cccc(F)c1. The molecule has 25 heavy (non-hydrogen) atoms. The fourth-order valence-electron chi connectivity index (χ4n) is 2.47. The van der Waals surface area contributed by atoms with Gasteiger partial charge in [0.2, 0.25) is 5.91 Å². The van der Waals surface area contributed by atoms with Crippen molar-refractivity contribution in [1.29, 1.82) is 0 Å². The molecule has 1 N–H and O–H groups in total. The molecular formula is C17H21FN4O3. The predicted octanol–water partition coefficient (Wildman–Crippen LogP) is 0.105. The first-order valence-corrected chi connectivity index (χ1v) is 7.74. The standard InChI is InChI=1S/C17H21FN4O3/c1-20(2)14(12-5-4-6-13(18)9-12)10-19-15(23)11-22-8-7-16(24)21(3)17(22)25/h4-9,14H,10-11H2,1-3H3,(H,19,23). The largest absolute Gasteiger partial charge is 0.353 e. The van der Waals surface area contributed by atoms with Gasteiger partial charge in [0.15, 0.2) is 0 Å². The van der Waals surface area contributed by atoms with Gasteiger partial charge in [-0.25, -0.2) is 9.18 Å². The van der Waals surface area contributed by atoms with Crippen LogP contribution in [0.15, 0.2) is 46.1 Å². The first kappa shape index (κ1) is 18.6. The Labute approximate surface area is 144 Å². The van der Waals surface area contributed by atoms with E-state index >= 15 is 0 Å². The molecule has 7 nitrogen and oxygen atoms in total. The molecule has 1 aromatic heterocycles. The molecule has 0 aliphatic carbocycles. The van der Waals surface area contributed by atoms with Crippen LogP contribution >= 0.6 is 0 Å². The first-order chi connectivity index (χ1) is 11.8. The lowest BCUT2D eigenvalue weighted by Gasteiger charge is -2.25. The van der Waals surface area contributed by atoms with Crippen LogP contribution in [0.1, 0.15) is 11.6 Å². The van der Waals surface area contributed by atoms with Gasteiger partial charge in [-0.05, 0) is 31.8 Å².